The molecule has 21 heavy (non-hydrogen) atoms. The predicted molar refractivity (Wildman–Crippen MR) is 77.5 cm³/mol. The van der Waals surface area contributed by atoms with Gasteiger partial charge < -0.3 is 9.67 Å². The first-order valence-electron chi connectivity index (χ1n) is 6.76. The van der Waals surface area contributed by atoms with Gasteiger partial charge in [0.25, 0.3) is 0 Å². The lowest BCUT2D eigenvalue weighted by Gasteiger charge is -2.00. The Kier molecular flexibility index (Phi) is 2.86. The SMILES string of the molecule is CCn1nc(C)c(-c2cn3cc(C(=O)O)n(C)c3n2)c1C. The monoisotopic (exact) mass is 287 g/mol. The summed E-state index contributed by atoms with van der Waals surface area (Å²) in [5.74, 6) is -0.360. The molecule has 1 N–H and O–H groups in total. The summed E-state index contributed by atoms with van der Waals surface area (Å²) >= 11 is 0. The minimum atomic E-state index is -0.962. The van der Waals surface area contributed by atoms with Gasteiger partial charge in [-0.25, -0.2) is 9.78 Å². The largest absolute Gasteiger partial charge is 0.477 e. The van der Waals surface area contributed by atoms with Crippen LogP contribution in [0.5, 0.6) is 0 Å². The van der Waals surface area contributed by atoms with E-state index in [0.717, 1.165) is 29.2 Å². The van der Waals surface area contributed by atoms with Crippen LogP contribution in [0.15, 0.2) is 12.4 Å². The summed E-state index contributed by atoms with van der Waals surface area (Å²) in [7, 11) is 1.70. The molecule has 0 spiro atoms. The number of carboxylic acid groups (broad SMARTS) is 1. The summed E-state index contributed by atoms with van der Waals surface area (Å²) in [6.07, 6.45) is 3.42. The molecule has 0 amide bonds. The highest BCUT2D eigenvalue weighted by atomic mass is 16.4. The molecule has 0 fully saturated rings. The average molecular weight is 287 g/mol. The van der Waals surface area contributed by atoms with Crippen LogP contribution in [0.3, 0.4) is 0 Å². The van der Waals surface area contributed by atoms with Crippen molar-refractivity contribution in [2.45, 2.75) is 27.3 Å². The second-order valence-corrected chi connectivity index (χ2v) is 5.07. The fraction of sp³-hybridized carbons (Fsp3) is 0.357. The Labute approximate surface area is 121 Å². The van der Waals surface area contributed by atoms with E-state index in [0.29, 0.717) is 5.78 Å². The minimum Gasteiger partial charge on any atom is -0.477 e. The Morgan fingerprint density at radius 1 is 1.33 bits per heavy atom. The molecule has 3 heterocycles. The van der Waals surface area contributed by atoms with E-state index in [1.165, 1.54) is 0 Å². The van der Waals surface area contributed by atoms with Crippen LogP contribution in [0.4, 0.5) is 0 Å². The number of aryl methyl sites for hydroxylation is 3. The maximum Gasteiger partial charge on any atom is 0.354 e. The van der Waals surface area contributed by atoms with Gasteiger partial charge in [-0.2, -0.15) is 5.10 Å². The Morgan fingerprint density at radius 2 is 2.05 bits per heavy atom. The molecule has 0 saturated carbocycles. The first-order chi connectivity index (χ1) is 9.93. The molecule has 7 heteroatoms. The smallest absolute Gasteiger partial charge is 0.354 e. The van der Waals surface area contributed by atoms with Crippen molar-refractivity contribution >= 4 is 11.7 Å². The molecule has 3 aromatic rings. The first-order valence-corrected chi connectivity index (χ1v) is 6.76. The van der Waals surface area contributed by atoms with E-state index in [1.54, 1.807) is 22.2 Å². The summed E-state index contributed by atoms with van der Waals surface area (Å²) in [5, 5.41) is 13.6. The number of carbonyl (C=O) groups is 1. The predicted octanol–water partition coefficient (Wildman–Crippen LogP) is 1.87. The van der Waals surface area contributed by atoms with Crippen LogP contribution in [-0.2, 0) is 13.6 Å². The topological polar surface area (TPSA) is 77.4 Å². The molecule has 0 saturated heterocycles. The van der Waals surface area contributed by atoms with Crippen molar-refractivity contribution in [3.05, 3.63) is 29.5 Å². The van der Waals surface area contributed by atoms with Gasteiger partial charge in [-0.1, -0.05) is 0 Å². The molecule has 3 rings (SSSR count). The van der Waals surface area contributed by atoms with Crippen LogP contribution in [0.2, 0.25) is 0 Å². The highest BCUT2D eigenvalue weighted by Gasteiger charge is 2.19. The minimum absolute atomic E-state index is 0.210. The second-order valence-electron chi connectivity index (χ2n) is 5.07. The standard InChI is InChI=1S/C14H17N5O2/c1-5-19-9(3)12(8(2)16-19)10-6-18-7-11(13(20)21)17(4)14(18)15-10/h6-7H,5H2,1-4H3,(H,20,21). The second kappa shape index (κ2) is 4.47. The number of rotatable bonds is 3. The molecule has 0 atom stereocenters. The molecular weight excluding hydrogens is 270 g/mol. The number of aromatic carboxylic acids is 1. The molecule has 0 aliphatic heterocycles. The van der Waals surface area contributed by atoms with Gasteiger partial charge in [0.05, 0.1) is 11.4 Å². The van der Waals surface area contributed by atoms with Gasteiger partial charge in [0.2, 0.25) is 5.78 Å². The van der Waals surface area contributed by atoms with E-state index in [-0.39, 0.29) is 5.69 Å². The third-order valence-corrected chi connectivity index (χ3v) is 3.79. The number of carboxylic acids is 1. The first kappa shape index (κ1) is 13.4. The highest BCUT2D eigenvalue weighted by molar-refractivity contribution is 5.86. The average Bonchev–Trinajstić information content (AvgIpc) is 3.03. The fourth-order valence-electron chi connectivity index (χ4n) is 2.75. The number of nitrogens with zero attached hydrogens (tertiary/aromatic N) is 5. The van der Waals surface area contributed by atoms with Crippen molar-refractivity contribution in [3.8, 4) is 11.3 Å². The van der Waals surface area contributed by atoms with Crippen molar-refractivity contribution in [2.75, 3.05) is 0 Å². The summed E-state index contributed by atoms with van der Waals surface area (Å²) < 4.78 is 5.25. The summed E-state index contributed by atoms with van der Waals surface area (Å²) in [6.45, 7) is 6.84. The zero-order valence-corrected chi connectivity index (χ0v) is 12.5. The van der Waals surface area contributed by atoms with E-state index in [2.05, 4.69) is 10.1 Å². The normalized spacial score (nSPS) is 11.4. The molecule has 0 bridgehead atoms. The molecule has 0 aromatic carbocycles. The Hall–Kier alpha value is -2.57. The van der Waals surface area contributed by atoms with Gasteiger partial charge in [-0.3, -0.25) is 9.08 Å². The number of hydrogen-bond donors (Lipinski definition) is 1. The number of aromatic nitrogens is 5. The maximum atomic E-state index is 11.1. The molecule has 110 valence electrons. The third kappa shape index (κ3) is 1.84. The van der Waals surface area contributed by atoms with E-state index in [4.69, 9.17) is 5.11 Å². The van der Waals surface area contributed by atoms with Crippen LogP contribution in [0.1, 0.15) is 28.8 Å². The van der Waals surface area contributed by atoms with Crippen LogP contribution in [0.25, 0.3) is 17.0 Å². The Morgan fingerprint density at radius 3 is 2.57 bits per heavy atom. The van der Waals surface area contributed by atoms with Crippen molar-refractivity contribution in [2.24, 2.45) is 7.05 Å². The van der Waals surface area contributed by atoms with Crippen LogP contribution >= 0.6 is 0 Å². The van der Waals surface area contributed by atoms with Gasteiger partial charge in [-0.15, -0.1) is 0 Å². The molecule has 7 nitrogen and oxygen atoms in total. The molecule has 3 aromatic heterocycles. The Balaban J connectivity index is 2.19. The molecule has 0 radical (unpaired) electrons. The molecule has 0 aliphatic rings. The van der Waals surface area contributed by atoms with E-state index in [9.17, 15) is 4.79 Å². The Bertz CT molecular complexity index is 853. The zero-order chi connectivity index (χ0) is 15.3. The van der Waals surface area contributed by atoms with Crippen LogP contribution < -0.4 is 0 Å². The third-order valence-electron chi connectivity index (χ3n) is 3.79. The lowest BCUT2D eigenvalue weighted by atomic mass is 10.1. The van der Waals surface area contributed by atoms with E-state index in [1.807, 2.05) is 31.6 Å². The molecule has 0 unspecified atom stereocenters. The van der Waals surface area contributed by atoms with Gasteiger partial charge >= 0.3 is 5.97 Å². The number of hydrogen-bond acceptors (Lipinski definition) is 3. The van der Waals surface area contributed by atoms with Crippen molar-refractivity contribution in [1.82, 2.24) is 23.7 Å². The van der Waals surface area contributed by atoms with E-state index < -0.39 is 5.97 Å². The maximum absolute atomic E-state index is 11.1. The highest BCUT2D eigenvalue weighted by Crippen LogP contribution is 2.27. The summed E-state index contributed by atoms with van der Waals surface area (Å²) in [5.41, 5.74) is 4.03. The van der Waals surface area contributed by atoms with Crippen LogP contribution in [-0.4, -0.2) is 34.8 Å². The van der Waals surface area contributed by atoms with Gasteiger partial charge in [0.15, 0.2) is 0 Å². The number of imidazole rings is 2. The quantitative estimate of drug-likeness (QED) is 0.797. The van der Waals surface area contributed by atoms with Crippen LogP contribution in [0, 0.1) is 13.8 Å². The van der Waals surface area contributed by atoms with E-state index >= 15 is 0 Å². The van der Waals surface area contributed by atoms with Gasteiger partial charge in [0, 0.05) is 37.2 Å². The molecule has 0 aliphatic carbocycles. The lowest BCUT2D eigenvalue weighted by molar-refractivity contribution is 0.0686. The van der Waals surface area contributed by atoms with Gasteiger partial charge in [-0.05, 0) is 20.8 Å². The number of fused-ring (bicyclic) bond motifs is 1. The van der Waals surface area contributed by atoms with Crippen molar-refractivity contribution in [3.63, 3.8) is 0 Å². The van der Waals surface area contributed by atoms with Crippen molar-refractivity contribution < 1.29 is 9.90 Å². The molecular formula is C14H17N5O2. The summed E-state index contributed by atoms with van der Waals surface area (Å²) in [4.78, 5) is 15.7. The fourth-order valence-corrected chi connectivity index (χ4v) is 2.75. The zero-order valence-electron chi connectivity index (χ0n) is 12.5. The lowest BCUT2D eigenvalue weighted by Crippen LogP contribution is -2.04. The summed E-state index contributed by atoms with van der Waals surface area (Å²) in [6, 6.07) is 0. The van der Waals surface area contributed by atoms with Crippen molar-refractivity contribution in [1.29, 1.82) is 0 Å². The van der Waals surface area contributed by atoms with Gasteiger partial charge in [0.1, 0.15) is 5.69 Å².